The van der Waals surface area contributed by atoms with Crippen LogP contribution in [0.15, 0.2) is 76.1 Å². The van der Waals surface area contributed by atoms with Crippen LogP contribution in [-0.2, 0) is 22.7 Å². The lowest BCUT2D eigenvalue weighted by molar-refractivity contribution is -0.140. The van der Waals surface area contributed by atoms with Crippen molar-refractivity contribution in [2.75, 3.05) is 16.7 Å². The molecule has 0 bridgehead atoms. The molecule has 0 saturated heterocycles. The summed E-state index contributed by atoms with van der Waals surface area (Å²) in [6.07, 6.45) is -4.91. The molecule has 0 amide bonds. The molecule has 1 aromatic heterocycles. The largest absolute Gasteiger partial charge is 0.419 e. The van der Waals surface area contributed by atoms with E-state index in [-0.39, 0.29) is 10.5 Å². The molecule has 3 aromatic carbocycles. The lowest BCUT2D eigenvalue weighted by Crippen LogP contribution is -2.30. The fourth-order valence-corrected chi connectivity index (χ4v) is 7.22. The predicted octanol–water partition coefficient (Wildman–Crippen LogP) is 7.26. The first-order valence-corrected chi connectivity index (χ1v) is 12.9. The Morgan fingerprint density at radius 3 is 2.32 bits per heavy atom. The molecule has 4 aromatic rings. The van der Waals surface area contributed by atoms with E-state index in [1.54, 1.807) is 31.3 Å². The highest BCUT2D eigenvalue weighted by atomic mass is 79.9. The van der Waals surface area contributed by atoms with Crippen molar-refractivity contribution in [1.82, 2.24) is 0 Å². The van der Waals surface area contributed by atoms with E-state index < -0.39 is 34.1 Å². The fraction of sp³-hybridized carbons (Fsp3) is 0.130. The Morgan fingerprint density at radius 1 is 1.03 bits per heavy atom. The SMILES string of the molecule is CNc1ccc(S(=O)(=O)N(Cc2ccc(F)c(C(F)(F)F)c2)c2sc3ccccc3c2Br)cc1. The van der Waals surface area contributed by atoms with Crippen LogP contribution in [0.4, 0.5) is 28.3 Å². The third kappa shape index (κ3) is 4.64. The van der Waals surface area contributed by atoms with Crippen LogP contribution in [0.3, 0.4) is 0 Å². The minimum absolute atomic E-state index is 0.00602. The molecule has 0 atom stereocenters. The van der Waals surface area contributed by atoms with Gasteiger partial charge in [0, 0.05) is 22.8 Å². The van der Waals surface area contributed by atoms with Gasteiger partial charge in [-0.05, 0) is 64.0 Å². The van der Waals surface area contributed by atoms with Gasteiger partial charge in [-0.2, -0.15) is 13.2 Å². The van der Waals surface area contributed by atoms with E-state index in [0.717, 1.165) is 20.5 Å². The van der Waals surface area contributed by atoms with Crippen LogP contribution in [0.2, 0.25) is 0 Å². The number of benzene rings is 3. The number of nitrogens with zero attached hydrogens (tertiary/aromatic N) is 1. The van der Waals surface area contributed by atoms with Crippen LogP contribution in [-0.4, -0.2) is 15.5 Å². The summed E-state index contributed by atoms with van der Waals surface area (Å²) in [4.78, 5) is -0.0333. The summed E-state index contributed by atoms with van der Waals surface area (Å²) in [6.45, 7) is -0.426. The van der Waals surface area contributed by atoms with Gasteiger partial charge < -0.3 is 5.32 Å². The maximum absolute atomic E-state index is 13.8. The van der Waals surface area contributed by atoms with Gasteiger partial charge in [0.1, 0.15) is 10.8 Å². The Kier molecular flexibility index (Phi) is 6.63. The summed E-state index contributed by atoms with van der Waals surface area (Å²) in [5.41, 5.74) is -0.758. The molecule has 0 fully saturated rings. The molecule has 4 nitrogen and oxygen atoms in total. The average molecular weight is 573 g/mol. The summed E-state index contributed by atoms with van der Waals surface area (Å²) >= 11 is 4.65. The number of sulfonamides is 1. The molecule has 1 heterocycles. The highest BCUT2D eigenvalue weighted by Crippen LogP contribution is 2.44. The van der Waals surface area contributed by atoms with Gasteiger partial charge in [-0.25, -0.2) is 12.8 Å². The zero-order valence-corrected chi connectivity index (χ0v) is 20.7. The molecule has 0 radical (unpaired) electrons. The van der Waals surface area contributed by atoms with Gasteiger partial charge in [0.05, 0.1) is 21.5 Å². The molecule has 178 valence electrons. The molecule has 1 N–H and O–H groups in total. The Bertz CT molecular complexity index is 1450. The summed E-state index contributed by atoms with van der Waals surface area (Å²) in [6, 6.07) is 15.7. The highest BCUT2D eigenvalue weighted by molar-refractivity contribution is 9.10. The van der Waals surface area contributed by atoms with Crippen molar-refractivity contribution in [3.63, 3.8) is 0 Å². The number of alkyl halides is 3. The molecule has 34 heavy (non-hydrogen) atoms. The maximum atomic E-state index is 13.8. The lowest BCUT2D eigenvalue weighted by atomic mass is 10.1. The van der Waals surface area contributed by atoms with E-state index in [1.165, 1.54) is 23.5 Å². The number of anilines is 2. The van der Waals surface area contributed by atoms with Crippen LogP contribution in [0.5, 0.6) is 0 Å². The van der Waals surface area contributed by atoms with Gasteiger partial charge in [0.25, 0.3) is 10.0 Å². The van der Waals surface area contributed by atoms with Crippen molar-refractivity contribution in [3.8, 4) is 0 Å². The summed E-state index contributed by atoms with van der Waals surface area (Å²) < 4.78 is 83.4. The van der Waals surface area contributed by atoms with Crippen LogP contribution in [0, 0.1) is 5.82 Å². The van der Waals surface area contributed by atoms with Crippen LogP contribution in [0.1, 0.15) is 11.1 Å². The zero-order valence-electron chi connectivity index (χ0n) is 17.5. The first kappa shape index (κ1) is 24.5. The van der Waals surface area contributed by atoms with Crippen molar-refractivity contribution in [2.45, 2.75) is 17.6 Å². The maximum Gasteiger partial charge on any atom is 0.419 e. The molecule has 0 aliphatic heterocycles. The van der Waals surface area contributed by atoms with Crippen molar-refractivity contribution in [2.24, 2.45) is 0 Å². The van der Waals surface area contributed by atoms with Crippen molar-refractivity contribution in [3.05, 3.63) is 88.1 Å². The average Bonchev–Trinajstić information content (AvgIpc) is 3.13. The summed E-state index contributed by atoms with van der Waals surface area (Å²) in [5.74, 6) is -1.42. The normalized spacial score (nSPS) is 12.2. The van der Waals surface area contributed by atoms with Gasteiger partial charge in [-0.3, -0.25) is 4.31 Å². The van der Waals surface area contributed by atoms with Crippen molar-refractivity contribution < 1.29 is 26.0 Å². The molecule has 0 unspecified atom stereocenters. The van der Waals surface area contributed by atoms with Crippen molar-refractivity contribution in [1.29, 1.82) is 0 Å². The summed E-state index contributed by atoms with van der Waals surface area (Å²) in [5, 5.41) is 3.97. The number of halogens is 5. The van der Waals surface area contributed by atoms with E-state index in [2.05, 4.69) is 21.2 Å². The minimum atomic E-state index is -4.91. The fourth-order valence-electron chi connectivity index (χ4n) is 3.40. The molecule has 0 spiro atoms. The van der Waals surface area contributed by atoms with Crippen molar-refractivity contribution >= 4 is 58.1 Å². The topological polar surface area (TPSA) is 49.4 Å². The van der Waals surface area contributed by atoms with Gasteiger partial charge in [0.15, 0.2) is 0 Å². The molecule has 0 aliphatic carbocycles. The third-order valence-electron chi connectivity index (χ3n) is 5.14. The first-order chi connectivity index (χ1) is 16.0. The first-order valence-electron chi connectivity index (χ1n) is 9.85. The van der Waals surface area contributed by atoms with E-state index >= 15 is 0 Å². The minimum Gasteiger partial charge on any atom is -0.388 e. The molecule has 4 rings (SSSR count). The smallest absolute Gasteiger partial charge is 0.388 e. The van der Waals surface area contributed by atoms with E-state index in [0.29, 0.717) is 27.3 Å². The highest BCUT2D eigenvalue weighted by Gasteiger charge is 2.35. The number of fused-ring (bicyclic) bond motifs is 1. The molecule has 0 saturated carbocycles. The van der Waals surface area contributed by atoms with E-state index in [4.69, 9.17) is 0 Å². The van der Waals surface area contributed by atoms with E-state index in [1.807, 2.05) is 12.1 Å². The van der Waals surface area contributed by atoms with Gasteiger partial charge in [-0.15, -0.1) is 11.3 Å². The Labute approximate surface area is 206 Å². The molecular formula is C23H17BrF4N2O2S2. The number of thiophene rings is 1. The number of hydrogen-bond acceptors (Lipinski definition) is 4. The zero-order chi connectivity index (χ0) is 24.7. The Hall–Kier alpha value is -2.63. The Morgan fingerprint density at radius 2 is 1.71 bits per heavy atom. The Balaban J connectivity index is 1.87. The third-order valence-corrected chi connectivity index (χ3v) is 9.27. The van der Waals surface area contributed by atoms with Crippen LogP contribution in [0.25, 0.3) is 10.1 Å². The van der Waals surface area contributed by atoms with Gasteiger partial charge >= 0.3 is 6.18 Å². The predicted molar refractivity (Wildman–Crippen MR) is 130 cm³/mol. The number of hydrogen-bond donors (Lipinski definition) is 1. The second-order valence-corrected chi connectivity index (χ2v) is 11.0. The molecule has 11 heteroatoms. The molecular weight excluding hydrogens is 556 g/mol. The van der Waals surface area contributed by atoms with Crippen LogP contribution >= 0.6 is 27.3 Å². The monoisotopic (exact) mass is 572 g/mol. The molecule has 0 aliphatic rings. The van der Waals surface area contributed by atoms with Gasteiger partial charge in [0.2, 0.25) is 0 Å². The quantitative estimate of drug-likeness (QED) is 0.247. The number of rotatable bonds is 6. The van der Waals surface area contributed by atoms with Crippen LogP contribution < -0.4 is 9.62 Å². The number of nitrogens with one attached hydrogen (secondary N) is 1. The standard InChI is InChI=1S/C23H17BrF4N2O2S2/c1-29-15-7-9-16(10-8-15)34(31,32)30(22-21(24)17-4-2-3-5-20(17)33-22)13-14-6-11-19(25)18(12-14)23(26,27)28/h2-12,29H,13H2,1H3. The second-order valence-electron chi connectivity index (χ2n) is 7.32. The second kappa shape index (κ2) is 9.20. The lowest BCUT2D eigenvalue weighted by Gasteiger charge is -2.24. The van der Waals surface area contributed by atoms with Gasteiger partial charge in [-0.1, -0.05) is 24.3 Å². The van der Waals surface area contributed by atoms with E-state index in [9.17, 15) is 26.0 Å². The summed E-state index contributed by atoms with van der Waals surface area (Å²) in [7, 11) is -2.50.